The number of rotatable bonds is 5. The van der Waals surface area contributed by atoms with Crippen molar-refractivity contribution in [3.63, 3.8) is 0 Å². The van der Waals surface area contributed by atoms with Crippen LogP contribution in [0, 0.1) is 5.92 Å². The Hall–Kier alpha value is -2.60. The zero-order valence-corrected chi connectivity index (χ0v) is 17.3. The van der Waals surface area contributed by atoms with Gasteiger partial charge in [0.25, 0.3) is 0 Å². The minimum Gasteiger partial charge on any atom is -0.396 e. The number of fused-ring (bicyclic) bond motifs is 1. The second-order valence-electron chi connectivity index (χ2n) is 8.06. The third-order valence-corrected chi connectivity index (χ3v) is 6.39. The van der Waals surface area contributed by atoms with Crippen molar-refractivity contribution in [3.05, 3.63) is 29.9 Å². The molecule has 0 spiro atoms. The number of hydrogen-bond acceptors (Lipinski definition) is 10. The first kappa shape index (κ1) is 20.3. The van der Waals surface area contributed by atoms with Gasteiger partial charge >= 0.3 is 0 Å². The highest BCUT2D eigenvalue weighted by Crippen LogP contribution is 2.37. The zero-order valence-electron chi connectivity index (χ0n) is 16.6. The Bertz CT molecular complexity index is 1060. The number of nitrogens with zero attached hydrogens (tertiary/aromatic N) is 7. The van der Waals surface area contributed by atoms with Crippen LogP contribution in [-0.2, 0) is 0 Å². The van der Waals surface area contributed by atoms with E-state index < -0.39 is 18.2 Å². The van der Waals surface area contributed by atoms with Crippen LogP contribution in [0.1, 0.15) is 18.9 Å². The molecule has 3 aromatic heterocycles. The Morgan fingerprint density at radius 1 is 1.13 bits per heavy atom. The minimum atomic E-state index is -0.996. The highest BCUT2D eigenvalue weighted by atomic mass is 35.5. The largest absolute Gasteiger partial charge is 0.396 e. The first-order chi connectivity index (χ1) is 15.0. The molecule has 0 radical (unpaired) electrons. The molecular weight excluding hydrogens is 424 g/mol. The Labute approximate surface area is 182 Å². The van der Waals surface area contributed by atoms with Crippen LogP contribution >= 0.6 is 11.6 Å². The van der Waals surface area contributed by atoms with Crippen molar-refractivity contribution >= 4 is 34.4 Å². The predicted molar refractivity (Wildman–Crippen MR) is 113 cm³/mol. The zero-order chi connectivity index (χ0) is 21.5. The van der Waals surface area contributed by atoms with E-state index in [4.69, 9.17) is 11.6 Å². The molecule has 1 aliphatic heterocycles. The smallest absolute Gasteiger partial charge is 0.165 e. The lowest BCUT2D eigenvalue weighted by molar-refractivity contribution is -0.00370. The van der Waals surface area contributed by atoms with Crippen molar-refractivity contribution in [3.8, 4) is 0 Å². The topological polar surface area (TPSA) is 145 Å². The minimum absolute atomic E-state index is 0.137. The third kappa shape index (κ3) is 3.67. The highest BCUT2D eigenvalue weighted by molar-refractivity contribution is 6.29. The second-order valence-corrected chi connectivity index (χ2v) is 8.45. The summed E-state index contributed by atoms with van der Waals surface area (Å²) in [6.45, 7) is 1.37. The number of aliphatic hydroxyl groups is 3. The lowest BCUT2D eigenvalue weighted by Gasteiger charge is -2.19. The maximum atomic E-state index is 10.5. The molecule has 5 rings (SSSR count). The van der Waals surface area contributed by atoms with Crippen LogP contribution in [-0.4, -0.2) is 83.0 Å². The van der Waals surface area contributed by atoms with Crippen LogP contribution < -0.4 is 10.2 Å². The van der Waals surface area contributed by atoms with Crippen LogP contribution in [0.4, 0.5) is 11.6 Å². The molecule has 31 heavy (non-hydrogen) atoms. The van der Waals surface area contributed by atoms with Crippen LogP contribution in [0.5, 0.6) is 0 Å². The number of aliphatic hydroxyl groups excluding tert-OH is 3. The van der Waals surface area contributed by atoms with E-state index in [-0.39, 0.29) is 18.6 Å². The summed E-state index contributed by atoms with van der Waals surface area (Å²) < 4.78 is 1.76. The number of anilines is 2. The highest BCUT2D eigenvalue weighted by Gasteiger charge is 2.42. The van der Waals surface area contributed by atoms with Gasteiger partial charge in [-0.1, -0.05) is 11.6 Å². The monoisotopic (exact) mass is 446 g/mol. The van der Waals surface area contributed by atoms with Gasteiger partial charge in [0, 0.05) is 31.7 Å². The van der Waals surface area contributed by atoms with Gasteiger partial charge in [0.15, 0.2) is 22.4 Å². The summed E-state index contributed by atoms with van der Waals surface area (Å²) in [6, 6.07) is 3.30. The van der Waals surface area contributed by atoms with Gasteiger partial charge in [-0.05, 0) is 25.0 Å². The Balaban J connectivity index is 1.34. The fourth-order valence-corrected chi connectivity index (χ4v) is 4.61. The van der Waals surface area contributed by atoms with Crippen LogP contribution in [0.3, 0.4) is 0 Å². The summed E-state index contributed by atoms with van der Waals surface area (Å²) in [5, 5.41) is 41.9. The Morgan fingerprint density at radius 2 is 2.00 bits per heavy atom. The third-order valence-electron chi connectivity index (χ3n) is 6.19. The van der Waals surface area contributed by atoms with Crippen molar-refractivity contribution in [2.24, 2.45) is 5.92 Å². The molecule has 0 bridgehead atoms. The maximum absolute atomic E-state index is 10.5. The van der Waals surface area contributed by atoms with E-state index in [0.29, 0.717) is 28.6 Å². The van der Waals surface area contributed by atoms with E-state index in [1.54, 1.807) is 17.0 Å². The average Bonchev–Trinajstić information content (AvgIpc) is 3.48. The Morgan fingerprint density at radius 3 is 2.74 bits per heavy atom. The molecule has 12 heteroatoms. The van der Waals surface area contributed by atoms with Crippen molar-refractivity contribution in [2.45, 2.75) is 37.1 Å². The van der Waals surface area contributed by atoms with E-state index >= 15 is 0 Å². The van der Waals surface area contributed by atoms with E-state index in [2.05, 4.69) is 35.4 Å². The van der Waals surface area contributed by atoms with Crippen LogP contribution in [0.2, 0.25) is 5.15 Å². The van der Waals surface area contributed by atoms with Crippen LogP contribution in [0.15, 0.2) is 24.8 Å². The van der Waals surface area contributed by atoms with E-state index in [1.165, 1.54) is 6.33 Å². The quantitative estimate of drug-likeness (QED) is 0.429. The van der Waals surface area contributed by atoms with Gasteiger partial charge < -0.3 is 30.1 Å². The molecule has 2 fully saturated rings. The van der Waals surface area contributed by atoms with Crippen molar-refractivity contribution in [1.29, 1.82) is 0 Å². The average molecular weight is 447 g/mol. The molecule has 164 valence electrons. The molecule has 5 atom stereocenters. The summed E-state index contributed by atoms with van der Waals surface area (Å²) in [7, 11) is 0. The van der Waals surface area contributed by atoms with Gasteiger partial charge in [0.2, 0.25) is 0 Å². The molecule has 2 aliphatic rings. The molecular formula is C19H23ClN8O3. The molecule has 1 saturated carbocycles. The molecule has 0 amide bonds. The number of imidazole rings is 1. The summed E-state index contributed by atoms with van der Waals surface area (Å²) in [5.41, 5.74) is 1.17. The van der Waals surface area contributed by atoms with Crippen LogP contribution in [0.25, 0.3) is 11.2 Å². The number of halogens is 1. The lowest BCUT2D eigenvalue weighted by Crippen LogP contribution is -2.30. The van der Waals surface area contributed by atoms with Crippen molar-refractivity contribution < 1.29 is 15.3 Å². The number of hydrogen-bond donors (Lipinski definition) is 4. The predicted octanol–water partition coefficient (Wildman–Crippen LogP) is 0.236. The van der Waals surface area contributed by atoms with Gasteiger partial charge in [-0.25, -0.2) is 15.0 Å². The standard InChI is InChI=1S/C19H23ClN8O3/c20-13-1-2-14(26-25-13)27-4-3-11(6-27)24-18-15-19(22-8-21-18)28(9-23-15)12-5-10(7-29)16(30)17(12)31/h1-2,8-12,16-17,29-31H,3-7H2,(H,21,22,24)/t10-,11+,12-,16-,17+/m1/s1. The van der Waals surface area contributed by atoms with Gasteiger partial charge in [0.1, 0.15) is 17.9 Å². The molecule has 0 unspecified atom stereocenters. The fraction of sp³-hybridized carbons (Fsp3) is 0.526. The normalized spacial score (nSPS) is 28.5. The van der Waals surface area contributed by atoms with Gasteiger partial charge in [-0.15, -0.1) is 10.2 Å². The van der Waals surface area contributed by atoms with Gasteiger partial charge in [0.05, 0.1) is 18.5 Å². The summed E-state index contributed by atoms with van der Waals surface area (Å²) in [5.74, 6) is 1.01. The van der Waals surface area contributed by atoms with Crippen molar-refractivity contribution in [2.75, 3.05) is 29.9 Å². The molecule has 11 nitrogen and oxygen atoms in total. The lowest BCUT2D eigenvalue weighted by atomic mass is 10.1. The molecule has 4 heterocycles. The number of nitrogens with one attached hydrogen (secondary N) is 1. The summed E-state index contributed by atoms with van der Waals surface area (Å²) in [6.07, 6.45) is 2.42. The second kappa shape index (κ2) is 8.15. The number of aromatic nitrogens is 6. The summed E-state index contributed by atoms with van der Waals surface area (Å²) in [4.78, 5) is 15.3. The maximum Gasteiger partial charge on any atom is 0.165 e. The van der Waals surface area contributed by atoms with Gasteiger partial charge in [-0.2, -0.15) is 0 Å². The Kier molecular flexibility index (Phi) is 5.34. The first-order valence-corrected chi connectivity index (χ1v) is 10.6. The SMILES string of the molecule is OC[C@H]1C[C@@H](n2cnc3c(N[C@H]4CCN(c5ccc(Cl)nn5)C4)ncnc32)[C@H](O)[C@@H]1O. The van der Waals surface area contributed by atoms with E-state index in [0.717, 1.165) is 25.3 Å². The molecule has 0 aromatic carbocycles. The first-order valence-electron chi connectivity index (χ1n) is 10.2. The molecule has 1 saturated heterocycles. The van der Waals surface area contributed by atoms with Crippen molar-refractivity contribution in [1.82, 2.24) is 29.7 Å². The molecule has 4 N–H and O–H groups in total. The van der Waals surface area contributed by atoms with Gasteiger partial charge in [-0.3, -0.25) is 0 Å². The van der Waals surface area contributed by atoms with E-state index in [9.17, 15) is 15.3 Å². The fourth-order valence-electron chi connectivity index (χ4n) is 4.51. The summed E-state index contributed by atoms with van der Waals surface area (Å²) >= 11 is 5.82. The van der Waals surface area contributed by atoms with E-state index in [1.807, 2.05) is 6.07 Å². The molecule has 1 aliphatic carbocycles. The molecule has 3 aromatic rings.